The maximum absolute atomic E-state index is 12.3. The zero-order valence-corrected chi connectivity index (χ0v) is 15.2. The van der Waals surface area contributed by atoms with E-state index in [1.165, 1.54) is 22.8 Å². The van der Waals surface area contributed by atoms with Gasteiger partial charge in [0, 0.05) is 14.1 Å². The summed E-state index contributed by atoms with van der Waals surface area (Å²) in [4.78, 5) is 47.1. The molecule has 1 saturated heterocycles. The van der Waals surface area contributed by atoms with Gasteiger partial charge in [0.1, 0.15) is 12.1 Å². The molecule has 0 radical (unpaired) electrons. The highest BCUT2D eigenvalue weighted by molar-refractivity contribution is 5.91. The van der Waals surface area contributed by atoms with Crippen molar-refractivity contribution < 1.29 is 14.1 Å². The maximum atomic E-state index is 12.3. The number of hydrogen-bond donors (Lipinski definition) is 2. The first-order valence-corrected chi connectivity index (χ1v) is 8.76. The van der Waals surface area contributed by atoms with E-state index in [2.05, 4.69) is 9.97 Å². The van der Waals surface area contributed by atoms with Crippen LogP contribution >= 0.6 is 0 Å². The Hall–Kier alpha value is -3.14. The molecule has 0 spiro atoms. The summed E-state index contributed by atoms with van der Waals surface area (Å²) in [7, 11) is 3.05. The first kappa shape index (κ1) is 17.3. The number of nitrogens with one attached hydrogen (secondary N) is 2. The number of fused-ring (bicyclic) bond motifs is 1. The quantitative estimate of drug-likeness (QED) is 0.557. The van der Waals surface area contributed by atoms with Gasteiger partial charge in [-0.15, -0.1) is 0 Å². The first-order chi connectivity index (χ1) is 13.0. The topological polar surface area (TPSA) is 111 Å². The zero-order valence-electron chi connectivity index (χ0n) is 15.2. The van der Waals surface area contributed by atoms with Gasteiger partial charge in [-0.25, -0.2) is 9.78 Å². The number of H-pyrrole nitrogens is 1. The number of carbonyl (C=O) groups is 1. The third kappa shape index (κ3) is 2.97. The number of piperazine rings is 1. The second-order valence-corrected chi connectivity index (χ2v) is 6.78. The molecule has 0 bridgehead atoms. The number of quaternary nitrogens is 1. The van der Waals surface area contributed by atoms with Crippen LogP contribution in [-0.4, -0.2) is 56.1 Å². The second kappa shape index (κ2) is 6.54. The molecule has 27 heavy (non-hydrogen) atoms. The Bertz CT molecular complexity index is 1100. The van der Waals surface area contributed by atoms with Crippen molar-refractivity contribution in [1.82, 2.24) is 24.0 Å². The van der Waals surface area contributed by atoms with Gasteiger partial charge in [-0.1, -0.05) is 0 Å². The summed E-state index contributed by atoms with van der Waals surface area (Å²) in [6, 6.07) is 3.37. The van der Waals surface area contributed by atoms with Gasteiger partial charge in [-0.2, -0.15) is 0 Å². The monoisotopic (exact) mass is 373 g/mol. The van der Waals surface area contributed by atoms with E-state index < -0.39 is 5.69 Å². The lowest BCUT2D eigenvalue weighted by molar-refractivity contribution is -0.918. The summed E-state index contributed by atoms with van der Waals surface area (Å²) >= 11 is 0. The zero-order chi connectivity index (χ0) is 19.1. The Morgan fingerprint density at radius 1 is 1.26 bits per heavy atom. The lowest BCUT2D eigenvalue weighted by Crippen LogP contribution is -3.13. The fourth-order valence-electron chi connectivity index (χ4n) is 3.45. The van der Waals surface area contributed by atoms with Crippen molar-refractivity contribution in [3.05, 3.63) is 50.8 Å². The Labute approximate surface area is 153 Å². The van der Waals surface area contributed by atoms with E-state index in [4.69, 9.17) is 4.42 Å². The Morgan fingerprint density at radius 2 is 2.00 bits per heavy atom. The maximum Gasteiger partial charge on any atom is 0.332 e. The molecule has 0 aliphatic carbocycles. The summed E-state index contributed by atoms with van der Waals surface area (Å²) < 4.78 is 7.61. The molecule has 0 aromatic carbocycles. The van der Waals surface area contributed by atoms with Crippen LogP contribution in [0.3, 0.4) is 0 Å². The molecule has 2 N–H and O–H groups in total. The van der Waals surface area contributed by atoms with Crippen molar-refractivity contribution in [2.24, 2.45) is 14.1 Å². The number of aromatic nitrogens is 4. The van der Waals surface area contributed by atoms with Crippen LogP contribution in [0.4, 0.5) is 0 Å². The number of carbonyl (C=O) groups excluding carboxylic acids is 1. The average molecular weight is 373 g/mol. The number of furan rings is 1. The van der Waals surface area contributed by atoms with E-state index in [1.807, 2.05) is 0 Å². The fourth-order valence-corrected chi connectivity index (χ4v) is 3.45. The van der Waals surface area contributed by atoms with Crippen LogP contribution in [0.1, 0.15) is 16.4 Å². The Kier molecular flexibility index (Phi) is 4.19. The van der Waals surface area contributed by atoms with Gasteiger partial charge in [0.05, 0.1) is 32.4 Å². The van der Waals surface area contributed by atoms with Gasteiger partial charge in [-0.05, 0) is 12.1 Å². The van der Waals surface area contributed by atoms with Crippen molar-refractivity contribution in [2.75, 3.05) is 26.2 Å². The van der Waals surface area contributed by atoms with Crippen molar-refractivity contribution in [3.8, 4) is 0 Å². The molecule has 1 aliphatic rings. The Balaban J connectivity index is 1.47. The molecular weight excluding hydrogens is 352 g/mol. The van der Waals surface area contributed by atoms with Crippen LogP contribution < -0.4 is 16.1 Å². The minimum atomic E-state index is -0.400. The summed E-state index contributed by atoms with van der Waals surface area (Å²) in [6.45, 7) is 3.36. The van der Waals surface area contributed by atoms with E-state index in [0.29, 0.717) is 42.4 Å². The van der Waals surface area contributed by atoms with Crippen molar-refractivity contribution in [1.29, 1.82) is 0 Å². The predicted octanol–water partition coefficient (Wildman–Crippen LogP) is -1.91. The molecule has 3 aromatic rings. The third-order valence-electron chi connectivity index (χ3n) is 5.05. The predicted molar refractivity (Wildman–Crippen MR) is 95.6 cm³/mol. The highest BCUT2D eigenvalue weighted by Crippen LogP contribution is 2.06. The van der Waals surface area contributed by atoms with Crippen LogP contribution in [-0.2, 0) is 20.6 Å². The highest BCUT2D eigenvalue weighted by atomic mass is 16.3. The summed E-state index contributed by atoms with van der Waals surface area (Å²) in [5.74, 6) is 0.915. The number of nitrogens with zero attached hydrogens (tertiary/aromatic N) is 4. The summed E-state index contributed by atoms with van der Waals surface area (Å²) in [5, 5.41) is 0. The molecule has 0 unspecified atom stereocenters. The molecule has 4 heterocycles. The van der Waals surface area contributed by atoms with Crippen LogP contribution in [0.2, 0.25) is 0 Å². The number of aromatic amines is 1. The molecule has 10 heteroatoms. The van der Waals surface area contributed by atoms with E-state index in [0.717, 1.165) is 17.7 Å². The molecule has 142 valence electrons. The molecule has 4 rings (SSSR count). The molecule has 10 nitrogen and oxygen atoms in total. The molecule has 3 aromatic heterocycles. The van der Waals surface area contributed by atoms with Crippen LogP contribution in [0.5, 0.6) is 0 Å². The first-order valence-electron chi connectivity index (χ1n) is 8.76. The van der Waals surface area contributed by atoms with Gasteiger partial charge in [-0.3, -0.25) is 18.7 Å². The molecule has 0 atom stereocenters. The van der Waals surface area contributed by atoms with E-state index in [9.17, 15) is 14.4 Å². The lowest BCUT2D eigenvalue weighted by atomic mass is 10.3. The van der Waals surface area contributed by atoms with E-state index in [-0.39, 0.29) is 11.5 Å². The van der Waals surface area contributed by atoms with E-state index >= 15 is 0 Å². The SMILES string of the molecule is Cn1c(=O)c2[nH]c(C[NH+]3CCN(C(=O)c4ccco4)CC3)nc2n(C)c1=O. The van der Waals surface area contributed by atoms with Crippen molar-refractivity contribution >= 4 is 17.1 Å². The number of amides is 1. The van der Waals surface area contributed by atoms with Crippen LogP contribution in [0.15, 0.2) is 32.4 Å². The molecule has 1 fully saturated rings. The second-order valence-electron chi connectivity index (χ2n) is 6.78. The molecule has 1 aliphatic heterocycles. The number of aryl methyl sites for hydroxylation is 1. The largest absolute Gasteiger partial charge is 0.459 e. The van der Waals surface area contributed by atoms with Crippen molar-refractivity contribution in [2.45, 2.75) is 6.54 Å². The van der Waals surface area contributed by atoms with E-state index in [1.54, 1.807) is 24.1 Å². The minimum Gasteiger partial charge on any atom is -0.459 e. The smallest absolute Gasteiger partial charge is 0.332 e. The van der Waals surface area contributed by atoms with Gasteiger partial charge >= 0.3 is 5.69 Å². The van der Waals surface area contributed by atoms with Gasteiger partial charge in [0.25, 0.3) is 11.5 Å². The number of imidazole rings is 1. The Morgan fingerprint density at radius 3 is 2.67 bits per heavy atom. The van der Waals surface area contributed by atoms with Gasteiger partial charge in [0.2, 0.25) is 0 Å². The average Bonchev–Trinajstić information content (AvgIpc) is 3.35. The number of hydrogen-bond acceptors (Lipinski definition) is 5. The summed E-state index contributed by atoms with van der Waals surface area (Å²) in [6.07, 6.45) is 1.49. The van der Waals surface area contributed by atoms with Gasteiger partial charge < -0.3 is 19.2 Å². The normalized spacial score (nSPS) is 15.6. The molecule has 1 amide bonds. The molecule has 0 saturated carbocycles. The van der Waals surface area contributed by atoms with Crippen molar-refractivity contribution in [3.63, 3.8) is 0 Å². The highest BCUT2D eigenvalue weighted by Gasteiger charge is 2.27. The van der Waals surface area contributed by atoms with Gasteiger partial charge in [0.15, 0.2) is 17.2 Å². The number of rotatable bonds is 3. The summed E-state index contributed by atoms with van der Waals surface area (Å²) in [5.41, 5.74) is -0.0802. The lowest BCUT2D eigenvalue weighted by Gasteiger charge is -2.31. The molecular formula is C17H21N6O4+. The van der Waals surface area contributed by atoms with Crippen LogP contribution in [0.25, 0.3) is 11.2 Å². The van der Waals surface area contributed by atoms with Crippen LogP contribution in [0, 0.1) is 0 Å². The third-order valence-corrected chi connectivity index (χ3v) is 5.05. The standard InChI is InChI=1S/C17H20N6O4/c1-20-14-13(16(25)21(2)17(20)26)18-12(19-14)10-22-5-7-23(8-6-22)15(24)11-4-3-9-27-11/h3-4,9H,5-8,10H2,1-2H3,(H,18,19)/p+1. The fraction of sp³-hybridized carbons (Fsp3) is 0.412. The minimum absolute atomic E-state index is 0.0960.